The quantitative estimate of drug-likeness (QED) is 0.0963. The Balaban J connectivity index is 1.35. The molecule has 0 unspecified atom stereocenters. The molecule has 12 nitrogen and oxygen atoms in total. The lowest BCUT2D eigenvalue weighted by Gasteiger charge is -2.10. The third-order valence-corrected chi connectivity index (χ3v) is 7.01. The van der Waals surface area contributed by atoms with Crippen LogP contribution in [0.25, 0.3) is 11.1 Å². The van der Waals surface area contributed by atoms with Gasteiger partial charge < -0.3 is 19.5 Å². The summed E-state index contributed by atoms with van der Waals surface area (Å²) in [5.41, 5.74) is 2.60. The van der Waals surface area contributed by atoms with Crippen LogP contribution in [0, 0.1) is 5.41 Å². The maximum Gasteiger partial charge on any atom is 0.412 e. The molecule has 0 saturated heterocycles. The molecule has 0 aliphatic carbocycles. The molecule has 2 amide bonds. The summed E-state index contributed by atoms with van der Waals surface area (Å²) in [6, 6.07) is 20.1. The number of unbranched alkanes of at least 4 members (excludes halogenated alkanes) is 2. The largest absolute Gasteiger partial charge is 0.462 e. The van der Waals surface area contributed by atoms with Crippen molar-refractivity contribution in [1.82, 2.24) is 10.6 Å². The van der Waals surface area contributed by atoms with Crippen LogP contribution < -0.4 is 20.5 Å². The van der Waals surface area contributed by atoms with Gasteiger partial charge in [0.15, 0.2) is 0 Å². The minimum Gasteiger partial charge on any atom is -0.462 e. The molecule has 0 spiro atoms. The Morgan fingerprint density at radius 3 is 2.30 bits per heavy atom. The van der Waals surface area contributed by atoms with E-state index in [0.29, 0.717) is 29.0 Å². The van der Waals surface area contributed by atoms with Crippen molar-refractivity contribution in [2.24, 2.45) is 5.14 Å². The van der Waals surface area contributed by atoms with Crippen molar-refractivity contribution in [2.45, 2.75) is 37.5 Å². The number of carbonyl (C=O) groups excluding carboxylic acids is 3. The van der Waals surface area contributed by atoms with Crippen LogP contribution in [0.3, 0.4) is 0 Å². The number of nitrogens with two attached hydrogens (primary N) is 1. The van der Waals surface area contributed by atoms with Crippen molar-refractivity contribution >= 4 is 34.0 Å². The first kappa shape index (κ1) is 32.8. The molecular formula is C30H34N4O8S. The zero-order chi connectivity index (χ0) is 31.2. The van der Waals surface area contributed by atoms with Gasteiger partial charge in [0.1, 0.15) is 24.8 Å². The van der Waals surface area contributed by atoms with Gasteiger partial charge in [-0.1, -0.05) is 55.0 Å². The highest BCUT2D eigenvalue weighted by atomic mass is 32.2. The molecule has 43 heavy (non-hydrogen) atoms. The summed E-state index contributed by atoms with van der Waals surface area (Å²) in [6.45, 7) is 1.51. The highest BCUT2D eigenvalue weighted by molar-refractivity contribution is 7.89. The molecule has 0 fully saturated rings. The number of amidine groups is 1. The van der Waals surface area contributed by atoms with E-state index in [1.54, 1.807) is 54.6 Å². The summed E-state index contributed by atoms with van der Waals surface area (Å²) >= 11 is 0. The van der Waals surface area contributed by atoms with Crippen LogP contribution in [0.5, 0.6) is 5.75 Å². The van der Waals surface area contributed by atoms with E-state index in [4.69, 9.17) is 20.0 Å². The topological polar surface area (TPSA) is 187 Å². The van der Waals surface area contributed by atoms with Crippen molar-refractivity contribution in [3.63, 3.8) is 0 Å². The van der Waals surface area contributed by atoms with Gasteiger partial charge in [0.25, 0.3) is 0 Å². The van der Waals surface area contributed by atoms with E-state index in [1.807, 2.05) is 12.1 Å². The van der Waals surface area contributed by atoms with Crippen molar-refractivity contribution in [3.8, 4) is 16.9 Å². The number of alkyl carbamates (subject to hydrolysis) is 1. The van der Waals surface area contributed by atoms with Crippen LogP contribution in [-0.2, 0) is 30.7 Å². The fraction of sp³-hybridized carbons (Fsp3) is 0.267. The number of sulfonamides is 1. The van der Waals surface area contributed by atoms with Crippen LogP contribution in [0.4, 0.5) is 9.59 Å². The molecule has 5 N–H and O–H groups in total. The Morgan fingerprint density at radius 2 is 1.58 bits per heavy atom. The van der Waals surface area contributed by atoms with Crippen molar-refractivity contribution < 1.29 is 37.0 Å². The average Bonchev–Trinajstić information content (AvgIpc) is 2.97. The van der Waals surface area contributed by atoms with Crippen molar-refractivity contribution in [2.75, 3.05) is 19.8 Å². The van der Waals surface area contributed by atoms with Gasteiger partial charge in [-0.05, 0) is 54.7 Å². The first-order valence-corrected chi connectivity index (χ1v) is 15.0. The van der Waals surface area contributed by atoms with E-state index in [1.165, 1.54) is 13.0 Å². The molecule has 13 heteroatoms. The van der Waals surface area contributed by atoms with Gasteiger partial charge in [0.2, 0.25) is 10.0 Å². The van der Waals surface area contributed by atoms with Crippen molar-refractivity contribution in [1.29, 1.82) is 5.41 Å². The molecule has 0 saturated carbocycles. The second-order valence-corrected chi connectivity index (χ2v) is 10.9. The van der Waals surface area contributed by atoms with E-state index < -0.39 is 28.2 Å². The summed E-state index contributed by atoms with van der Waals surface area (Å²) in [5.74, 6) is -0.268. The third kappa shape index (κ3) is 11.2. The number of rotatable bonds is 13. The summed E-state index contributed by atoms with van der Waals surface area (Å²) < 4.78 is 38.6. The Bertz CT molecular complexity index is 1540. The van der Waals surface area contributed by atoms with Crippen LogP contribution in [0.2, 0.25) is 0 Å². The predicted octanol–water partition coefficient (Wildman–Crippen LogP) is 4.12. The molecule has 0 atom stereocenters. The molecule has 0 aliphatic rings. The van der Waals surface area contributed by atoms with E-state index in [-0.39, 0.29) is 23.9 Å². The fourth-order valence-corrected chi connectivity index (χ4v) is 4.79. The lowest BCUT2D eigenvalue weighted by molar-refractivity contribution is -0.141. The number of hydrogen-bond acceptors (Lipinski definition) is 9. The predicted molar refractivity (Wildman–Crippen MR) is 159 cm³/mol. The van der Waals surface area contributed by atoms with E-state index in [2.05, 4.69) is 15.4 Å². The normalized spacial score (nSPS) is 10.8. The number of ether oxygens (including phenoxy) is 3. The fourth-order valence-electron chi connectivity index (χ4n) is 4.03. The molecule has 0 radical (unpaired) electrons. The van der Waals surface area contributed by atoms with Crippen LogP contribution in [0.15, 0.2) is 77.7 Å². The maximum absolute atomic E-state index is 12.2. The summed E-state index contributed by atoms with van der Waals surface area (Å²) in [5, 5.41) is 18.5. The average molecular weight is 611 g/mol. The molecule has 3 aromatic carbocycles. The summed E-state index contributed by atoms with van der Waals surface area (Å²) in [6.07, 6.45) is 1.76. The lowest BCUT2D eigenvalue weighted by atomic mass is 10.0. The molecular weight excluding hydrogens is 576 g/mol. The number of amides is 2. The molecule has 0 heterocycles. The molecule has 0 bridgehead atoms. The van der Waals surface area contributed by atoms with Crippen molar-refractivity contribution in [3.05, 3.63) is 83.9 Å². The summed E-state index contributed by atoms with van der Waals surface area (Å²) in [7, 11) is -3.89. The Kier molecular flexibility index (Phi) is 12.2. The van der Waals surface area contributed by atoms with Gasteiger partial charge in [-0.3, -0.25) is 15.5 Å². The zero-order valence-corrected chi connectivity index (χ0v) is 24.4. The lowest BCUT2D eigenvalue weighted by Crippen LogP contribution is -2.32. The van der Waals surface area contributed by atoms with Gasteiger partial charge in [0.05, 0.1) is 4.90 Å². The third-order valence-electron chi connectivity index (χ3n) is 6.05. The number of aryl methyl sites for hydroxylation is 1. The molecule has 3 rings (SSSR count). The van der Waals surface area contributed by atoms with E-state index in [9.17, 15) is 22.8 Å². The number of nitrogens with one attached hydrogen (secondary N) is 3. The molecule has 0 aromatic heterocycles. The van der Waals surface area contributed by atoms with Gasteiger partial charge >= 0.3 is 18.2 Å². The van der Waals surface area contributed by atoms with Gasteiger partial charge in [0, 0.05) is 24.6 Å². The first-order valence-electron chi connectivity index (χ1n) is 13.5. The van der Waals surface area contributed by atoms with Crippen LogP contribution >= 0.6 is 0 Å². The highest BCUT2D eigenvalue weighted by Gasteiger charge is 2.15. The van der Waals surface area contributed by atoms with Crippen LogP contribution in [-0.4, -0.2) is 52.2 Å². The Labute approximate surface area is 250 Å². The monoisotopic (exact) mass is 610 g/mol. The Hall–Kier alpha value is -4.75. The molecule has 228 valence electrons. The maximum atomic E-state index is 12.2. The SMILES string of the molecule is CC(=O)OCCOC(=O)NC(=N)c1cccc(CCCCCNC(=O)Oc2ccc(-c3ccccc3S(N)(=O)=O)cc2)c1. The second-order valence-electron chi connectivity index (χ2n) is 9.37. The smallest absolute Gasteiger partial charge is 0.412 e. The standard InChI is InChI=1S/C30H34N4O8S/c1-21(35)40-18-19-41-30(37)34-28(31)24-10-7-9-22(20-24)8-3-2-6-17-33-29(36)42-25-15-13-23(14-16-25)26-11-4-5-12-27(26)43(32,38)39/h4-5,7,9-16,20H,2-3,6,8,17-19H2,1H3,(H,33,36)(H2,31,34,37)(H2,32,38,39). The Morgan fingerprint density at radius 1 is 0.860 bits per heavy atom. The summed E-state index contributed by atoms with van der Waals surface area (Å²) in [4.78, 5) is 34.7. The molecule has 0 aliphatic heterocycles. The minimum absolute atomic E-state index is 0.0122. The van der Waals surface area contributed by atoms with E-state index in [0.717, 1.165) is 31.2 Å². The highest BCUT2D eigenvalue weighted by Crippen LogP contribution is 2.28. The zero-order valence-electron chi connectivity index (χ0n) is 23.6. The number of primary sulfonamides is 1. The second kappa shape index (κ2) is 16.0. The van der Waals surface area contributed by atoms with E-state index >= 15 is 0 Å². The van der Waals surface area contributed by atoms with Gasteiger partial charge in [-0.2, -0.15) is 0 Å². The van der Waals surface area contributed by atoms with Gasteiger partial charge in [-0.15, -0.1) is 0 Å². The number of carbonyl (C=O) groups is 3. The number of esters is 1. The van der Waals surface area contributed by atoms with Gasteiger partial charge in [-0.25, -0.2) is 23.1 Å². The van der Waals surface area contributed by atoms with Crippen LogP contribution in [0.1, 0.15) is 37.3 Å². The first-order chi connectivity index (χ1) is 20.5. The molecule has 3 aromatic rings. The minimum atomic E-state index is -3.89. The number of benzene rings is 3. The number of hydrogen-bond donors (Lipinski definition) is 4.